The van der Waals surface area contributed by atoms with Gasteiger partial charge in [0.1, 0.15) is 11.6 Å². The minimum atomic E-state index is -0.271. The predicted molar refractivity (Wildman–Crippen MR) is 85.3 cm³/mol. The van der Waals surface area contributed by atoms with Crippen molar-refractivity contribution < 1.29 is 9.50 Å². The molecular weight excluding hydrogens is 301 g/mol. The topological polar surface area (TPSA) is 49.2 Å². The fraction of sp³-hybridized carbons (Fsp3) is 0.125. The first-order valence-electron chi connectivity index (χ1n) is 6.71. The van der Waals surface area contributed by atoms with Gasteiger partial charge in [-0.2, -0.15) is 4.98 Å². The molecule has 0 aliphatic carbocycles. The molecular formula is C16H14FN3OS. The minimum absolute atomic E-state index is 0.00658. The lowest BCUT2D eigenvalue weighted by atomic mass is 10.1. The van der Waals surface area contributed by atoms with Gasteiger partial charge in [0.25, 0.3) is 0 Å². The van der Waals surface area contributed by atoms with Crippen LogP contribution in [0, 0.1) is 5.82 Å². The Morgan fingerprint density at radius 2 is 1.95 bits per heavy atom. The maximum atomic E-state index is 12.9. The number of aromatic hydroxyl groups is 1. The summed E-state index contributed by atoms with van der Waals surface area (Å²) in [5.74, 6) is 0.490. The number of hydrogen-bond donors (Lipinski definition) is 1. The lowest BCUT2D eigenvalue weighted by Crippen LogP contribution is -2.10. The number of aromatic nitrogens is 2. The molecule has 22 heavy (non-hydrogen) atoms. The third-order valence-electron chi connectivity index (χ3n) is 3.22. The summed E-state index contributed by atoms with van der Waals surface area (Å²) in [5, 5.41) is 10.7. The number of halogens is 1. The Bertz CT molecular complexity index is 759. The van der Waals surface area contributed by atoms with Crippen molar-refractivity contribution in [1.82, 2.24) is 9.97 Å². The lowest BCUT2D eigenvalue weighted by molar-refractivity contribution is 0.452. The zero-order valence-electron chi connectivity index (χ0n) is 11.9. The van der Waals surface area contributed by atoms with Crippen LogP contribution in [0.3, 0.4) is 0 Å². The van der Waals surface area contributed by atoms with Gasteiger partial charge in [-0.3, -0.25) is 0 Å². The fourth-order valence-corrected chi connectivity index (χ4v) is 2.99. The van der Waals surface area contributed by atoms with Crippen molar-refractivity contribution in [2.45, 2.75) is 6.42 Å². The molecule has 1 N–H and O–H groups in total. The van der Waals surface area contributed by atoms with Gasteiger partial charge in [-0.15, -0.1) is 0 Å². The number of thiazole rings is 1. The molecule has 4 nitrogen and oxygen atoms in total. The summed E-state index contributed by atoms with van der Waals surface area (Å²) in [6.07, 6.45) is 2.22. The summed E-state index contributed by atoms with van der Waals surface area (Å²) in [6.45, 7) is 0. The highest BCUT2D eigenvalue weighted by atomic mass is 32.1. The van der Waals surface area contributed by atoms with Crippen LogP contribution in [0.1, 0.15) is 10.4 Å². The van der Waals surface area contributed by atoms with E-state index < -0.39 is 0 Å². The van der Waals surface area contributed by atoms with Gasteiger partial charge in [-0.05, 0) is 29.8 Å². The molecule has 2 aromatic heterocycles. The van der Waals surface area contributed by atoms with Crippen LogP contribution in [0.4, 0.5) is 15.3 Å². The molecule has 3 aromatic rings. The Morgan fingerprint density at radius 1 is 1.18 bits per heavy atom. The summed E-state index contributed by atoms with van der Waals surface area (Å²) >= 11 is 1.39. The van der Waals surface area contributed by atoms with Crippen molar-refractivity contribution >= 4 is 22.3 Å². The number of benzene rings is 1. The largest absolute Gasteiger partial charge is 0.492 e. The number of hydrogen-bond acceptors (Lipinski definition) is 5. The molecule has 0 saturated heterocycles. The van der Waals surface area contributed by atoms with Crippen LogP contribution < -0.4 is 4.90 Å². The molecule has 6 heteroatoms. The van der Waals surface area contributed by atoms with Crippen molar-refractivity contribution in [1.29, 1.82) is 0 Å². The van der Waals surface area contributed by atoms with Gasteiger partial charge in [0.05, 0.1) is 4.88 Å². The second kappa shape index (κ2) is 6.11. The van der Waals surface area contributed by atoms with Crippen LogP contribution in [0.2, 0.25) is 0 Å². The van der Waals surface area contributed by atoms with E-state index in [9.17, 15) is 9.50 Å². The lowest BCUT2D eigenvalue weighted by Gasteiger charge is -2.13. The predicted octanol–water partition coefficient (Wildman–Crippen LogP) is 3.74. The highest BCUT2D eigenvalue weighted by Crippen LogP contribution is 2.34. The second-order valence-electron chi connectivity index (χ2n) is 4.79. The zero-order valence-corrected chi connectivity index (χ0v) is 12.7. The first-order chi connectivity index (χ1) is 10.6. The van der Waals surface area contributed by atoms with Crippen LogP contribution in [0.25, 0.3) is 0 Å². The number of nitrogens with zero attached hydrogens (tertiary/aromatic N) is 3. The zero-order chi connectivity index (χ0) is 15.5. The summed E-state index contributed by atoms with van der Waals surface area (Å²) in [4.78, 5) is 11.0. The average Bonchev–Trinajstić information content (AvgIpc) is 2.91. The Balaban J connectivity index is 1.83. The number of anilines is 2. The van der Waals surface area contributed by atoms with E-state index in [0.29, 0.717) is 11.6 Å². The monoisotopic (exact) mass is 315 g/mol. The highest BCUT2D eigenvalue weighted by Gasteiger charge is 2.15. The van der Waals surface area contributed by atoms with Crippen LogP contribution in [-0.2, 0) is 6.42 Å². The highest BCUT2D eigenvalue weighted by molar-refractivity contribution is 7.16. The maximum absolute atomic E-state index is 12.9. The van der Waals surface area contributed by atoms with Crippen molar-refractivity contribution in [3.63, 3.8) is 0 Å². The summed E-state index contributed by atoms with van der Waals surface area (Å²) in [7, 11) is 1.85. The van der Waals surface area contributed by atoms with Crippen molar-refractivity contribution in [2.24, 2.45) is 0 Å². The van der Waals surface area contributed by atoms with Crippen LogP contribution in [0.15, 0.2) is 48.7 Å². The number of rotatable bonds is 4. The Labute approximate surface area is 131 Å². The van der Waals surface area contributed by atoms with Gasteiger partial charge < -0.3 is 10.0 Å². The van der Waals surface area contributed by atoms with Crippen molar-refractivity contribution in [2.75, 3.05) is 11.9 Å². The van der Waals surface area contributed by atoms with Crippen LogP contribution in [-0.4, -0.2) is 22.1 Å². The molecule has 0 aliphatic rings. The van der Waals surface area contributed by atoms with Crippen molar-refractivity contribution in [3.8, 4) is 5.88 Å². The molecule has 3 rings (SSSR count). The first kappa shape index (κ1) is 14.5. The standard InChI is InChI=1S/C16H14FN3OS/c1-20(14-4-2-3-9-18-14)16-19-15(21)13(22-16)10-11-5-7-12(17)8-6-11/h2-9,21H,10H2,1H3. The summed E-state index contributed by atoms with van der Waals surface area (Å²) < 4.78 is 12.9. The van der Waals surface area contributed by atoms with Crippen molar-refractivity contribution in [3.05, 3.63) is 64.9 Å². The van der Waals surface area contributed by atoms with Crippen LogP contribution in [0.5, 0.6) is 5.88 Å². The van der Waals surface area contributed by atoms with E-state index in [1.807, 2.05) is 30.1 Å². The van der Waals surface area contributed by atoms with E-state index in [1.54, 1.807) is 18.3 Å². The average molecular weight is 315 g/mol. The molecule has 112 valence electrons. The molecule has 0 amide bonds. The van der Waals surface area contributed by atoms with Gasteiger partial charge in [-0.1, -0.05) is 29.5 Å². The SMILES string of the molecule is CN(c1ccccn1)c1nc(O)c(Cc2ccc(F)cc2)s1. The van der Waals surface area contributed by atoms with Gasteiger partial charge in [0.2, 0.25) is 5.88 Å². The van der Waals surface area contributed by atoms with E-state index in [2.05, 4.69) is 9.97 Å². The molecule has 1 aromatic carbocycles. The molecule has 0 aliphatic heterocycles. The number of pyridine rings is 1. The Hall–Kier alpha value is -2.47. The quantitative estimate of drug-likeness (QED) is 0.797. The molecule has 0 bridgehead atoms. The fourth-order valence-electron chi connectivity index (χ4n) is 2.03. The van der Waals surface area contributed by atoms with Gasteiger partial charge in [0, 0.05) is 19.7 Å². The molecule has 0 fully saturated rings. The second-order valence-corrected chi connectivity index (χ2v) is 5.86. The smallest absolute Gasteiger partial charge is 0.227 e. The summed E-state index contributed by atoms with van der Waals surface area (Å²) in [6, 6.07) is 11.8. The normalized spacial score (nSPS) is 10.6. The Morgan fingerprint density at radius 3 is 2.64 bits per heavy atom. The third-order valence-corrected chi connectivity index (χ3v) is 4.34. The first-order valence-corrected chi connectivity index (χ1v) is 7.53. The van der Waals surface area contributed by atoms with Gasteiger partial charge >= 0.3 is 0 Å². The Kier molecular flexibility index (Phi) is 4.02. The van der Waals surface area contributed by atoms with Gasteiger partial charge in [0.15, 0.2) is 5.13 Å². The van der Waals surface area contributed by atoms with E-state index in [-0.39, 0.29) is 11.7 Å². The van der Waals surface area contributed by atoms with E-state index in [0.717, 1.165) is 16.3 Å². The minimum Gasteiger partial charge on any atom is -0.492 e. The molecule has 0 atom stereocenters. The third kappa shape index (κ3) is 3.07. The molecule has 0 spiro atoms. The molecule has 2 heterocycles. The van der Waals surface area contributed by atoms with Gasteiger partial charge in [-0.25, -0.2) is 9.37 Å². The summed E-state index contributed by atoms with van der Waals surface area (Å²) in [5.41, 5.74) is 0.924. The van der Waals surface area contributed by atoms with Crippen LogP contribution >= 0.6 is 11.3 Å². The molecule has 0 unspecified atom stereocenters. The van der Waals surface area contributed by atoms with E-state index in [4.69, 9.17) is 0 Å². The van der Waals surface area contributed by atoms with E-state index >= 15 is 0 Å². The molecule has 0 radical (unpaired) electrons. The maximum Gasteiger partial charge on any atom is 0.227 e. The van der Waals surface area contributed by atoms with E-state index in [1.165, 1.54) is 23.5 Å². The molecule has 0 saturated carbocycles.